The first-order valence-corrected chi connectivity index (χ1v) is 6.75. The summed E-state index contributed by atoms with van der Waals surface area (Å²) in [6.07, 6.45) is 0. The maximum absolute atomic E-state index is 11.4. The van der Waals surface area contributed by atoms with E-state index in [2.05, 4.69) is 51.2 Å². The van der Waals surface area contributed by atoms with Crippen LogP contribution in [-0.4, -0.2) is 13.1 Å². The molecule has 2 rings (SSSR count). The minimum atomic E-state index is -0.295. The molecule has 2 aromatic carbocycles. The Bertz CT molecular complexity index is 564. The molecule has 0 radical (unpaired) electrons. The molecule has 0 amide bonds. The Morgan fingerprint density at radius 1 is 1.06 bits per heavy atom. The number of esters is 1. The lowest BCUT2D eigenvalue weighted by Crippen LogP contribution is -2.01. The van der Waals surface area contributed by atoms with Gasteiger partial charge in [-0.1, -0.05) is 6.07 Å². The molecule has 2 nitrogen and oxygen atoms in total. The van der Waals surface area contributed by atoms with Crippen molar-refractivity contribution in [1.82, 2.24) is 0 Å². The SMILES string of the molecule is COC(=O)c1ccc2c(I)ccc(I)c2c1. The average molecular weight is 438 g/mol. The summed E-state index contributed by atoms with van der Waals surface area (Å²) in [5, 5.41) is 2.26. The molecule has 0 aliphatic heterocycles. The van der Waals surface area contributed by atoms with Gasteiger partial charge in [0.05, 0.1) is 12.7 Å². The van der Waals surface area contributed by atoms with Crippen LogP contribution in [0.5, 0.6) is 0 Å². The number of benzene rings is 2. The molecule has 0 aromatic heterocycles. The Hall–Kier alpha value is -0.370. The zero-order valence-corrected chi connectivity index (χ0v) is 12.8. The molecule has 4 heteroatoms. The summed E-state index contributed by atoms with van der Waals surface area (Å²) in [6, 6.07) is 9.76. The summed E-state index contributed by atoms with van der Waals surface area (Å²) < 4.78 is 7.03. The third kappa shape index (κ3) is 2.17. The summed E-state index contributed by atoms with van der Waals surface area (Å²) in [6.45, 7) is 0. The Kier molecular flexibility index (Phi) is 3.68. The van der Waals surface area contributed by atoms with Crippen LogP contribution in [0.1, 0.15) is 10.4 Å². The van der Waals surface area contributed by atoms with Crippen molar-refractivity contribution in [3.63, 3.8) is 0 Å². The number of fused-ring (bicyclic) bond motifs is 1. The smallest absolute Gasteiger partial charge is 0.337 e. The first-order valence-electron chi connectivity index (χ1n) is 4.59. The second-order valence-electron chi connectivity index (χ2n) is 3.28. The number of hydrogen-bond donors (Lipinski definition) is 0. The van der Waals surface area contributed by atoms with E-state index in [1.165, 1.54) is 16.1 Å². The molecule has 0 bridgehead atoms. The van der Waals surface area contributed by atoms with Crippen molar-refractivity contribution in [2.75, 3.05) is 7.11 Å². The molecule has 0 N–H and O–H groups in total. The standard InChI is InChI=1S/C12H8I2O2/c1-16-12(15)7-2-3-8-9(6-7)11(14)5-4-10(8)13/h2-6H,1H3. The van der Waals surface area contributed by atoms with Crippen LogP contribution in [-0.2, 0) is 4.74 Å². The topological polar surface area (TPSA) is 26.3 Å². The molecule has 0 saturated carbocycles. The molecule has 0 spiro atoms. The molecule has 0 aliphatic rings. The lowest BCUT2D eigenvalue weighted by Gasteiger charge is -2.05. The number of methoxy groups -OCH3 is 1. The predicted molar refractivity (Wildman–Crippen MR) is 80.7 cm³/mol. The molecule has 0 heterocycles. The summed E-state index contributed by atoms with van der Waals surface area (Å²) >= 11 is 4.57. The lowest BCUT2D eigenvalue weighted by atomic mass is 10.1. The Balaban J connectivity index is 2.70. The van der Waals surface area contributed by atoms with Gasteiger partial charge in [-0.05, 0) is 80.2 Å². The summed E-state index contributed by atoms with van der Waals surface area (Å²) in [7, 11) is 1.40. The third-order valence-corrected chi connectivity index (χ3v) is 4.21. The van der Waals surface area contributed by atoms with E-state index in [-0.39, 0.29) is 5.97 Å². The maximum Gasteiger partial charge on any atom is 0.337 e. The summed E-state index contributed by atoms with van der Waals surface area (Å²) in [4.78, 5) is 11.4. The zero-order valence-electron chi connectivity index (χ0n) is 8.46. The molecule has 0 fully saturated rings. The third-order valence-electron chi connectivity index (χ3n) is 2.33. The highest BCUT2D eigenvalue weighted by molar-refractivity contribution is 14.1. The average Bonchev–Trinajstić information content (AvgIpc) is 2.32. The molecule has 16 heavy (non-hydrogen) atoms. The van der Waals surface area contributed by atoms with Crippen LogP contribution < -0.4 is 0 Å². The molecular formula is C12H8I2O2. The molecule has 0 aliphatic carbocycles. The van der Waals surface area contributed by atoms with Crippen molar-refractivity contribution < 1.29 is 9.53 Å². The molecule has 0 saturated heterocycles. The van der Waals surface area contributed by atoms with Crippen LogP contribution in [0.4, 0.5) is 0 Å². The number of carbonyl (C=O) groups excluding carboxylic acids is 1. The normalized spacial score (nSPS) is 10.4. The zero-order chi connectivity index (χ0) is 11.7. The number of carbonyl (C=O) groups is 1. The van der Waals surface area contributed by atoms with Gasteiger partial charge in [0.25, 0.3) is 0 Å². The molecule has 0 unspecified atom stereocenters. The fourth-order valence-electron chi connectivity index (χ4n) is 1.52. The number of halogens is 2. The second-order valence-corrected chi connectivity index (χ2v) is 5.61. The van der Waals surface area contributed by atoms with E-state index in [0.717, 1.165) is 8.96 Å². The maximum atomic E-state index is 11.4. The van der Waals surface area contributed by atoms with Crippen LogP contribution in [0.3, 0.4) is 0 Å². The van der Waals surface area contributed by atoms with Crippen molar-refractivity contribution in [3.8, 4) is 0 Å². The van der Waals surface area contributed by atoms with Crippen LogP contribution in [0, 0.1) is 7.14 Å². The highest BCUT2D eigenvalue weighted by Gasteiger charge is 2.08. The number of hydrogen-bond acceptors (Lipinski definition) is 2. The quantitative estimate of drug-likeness (QED) is 0.500. The molecule has 0 atom stereocenters. The van der Waals surface area contributed by atoms with Crippen LogP contribution in [0.2, 0.25) is 0 Å². The van der Waals surface area contributed by atoms with Gasteiger partial charge in [-0.25, -0.2) is 4.79 Å². The first-order chi connectivity index (χ1) is 7.63. The molecule has 2 aromatic rings. The van der Waals surface area contributed by atoms with Gasteiger partial charge < -0.3 is 4.74 Å². The van der Waals surface area contributed by atoms with E-state index < -0.39 is 0 Å². The fourth-order valence-corrected chi connectivity index (χ4v) is 2.80. The van der Waals surface area contributed by atoms with Gasteiger partial charge in [0.15, 0.2) is 0 Å². The number of rotatable bonds is 1. The van der Waals surface area contributed by atoms with E-state index in [0.29, 0.717) is 5.56 Å². The van der Waals surface area contributed by atoms with E-state index in [1.54, 1.807) is 6.07 Å². The van der Waals surface area contributed by atoms with E-state index in [4.69, 9.17) is 4.74 Å². The highest BCUT2D eigenvalue weighted by Crippen LogP contribution is 2.26. The predicted octanol–water partition coefficient (Wildman–Crippen LogP) is 3.84. The highest BCUT2D eigenvalue weighted by atomic mass is 127. The monoisotopic (exact) mass is 438 g/mol. The molecular weight excluding hydrogens is 430 g/mol. The minimum absolute atomic E-state index is 0.295. The van der Waals surface area contributed by atoms with Crippen molar-refractivity contribution in [2.24, 2.45) is 0 Å². The van der Waals surface area contributed by atoms with Gasteiger partial charge in [-0.2, -0.15) is 0 Å². The Morgan fingerprint density at radius 2 is 1.69 bits per heavy atom. The van der Waals surface area contributed by atoms with Gasteiger partial charge in [-0.15, -0.1) is 0 Å². The van der Waals surface area contributed by atoms with Crippen molar-refractivity contribution in [2.45, 2.75) is 0 Å². The van der Waals surface area contributed by atoms with Gasteiger partial charge in [0.2, 0.25) is 0 Å². The van der Waals surface area contributed by atoms with Gasteiger partial charge in [0, 0.05) is 7.14 Å². The van der Waals surface area contributed by atoms with Crippen molar-refractivity contribution >= 4 is 61.9 Å². The summed E-state index contributed by atoms with van der Waals surface area (Å²) in [5.74, 6) is -0.295. The minimum Gasteiger partial charge on any atom is -0.465 e. The second kappa shape index (κ2) is 4.87. The van der Waals surface area contributed by atoms with Gasteiger partial charge >= 0.3 is 5.97 Å². The Labute approximate surface area is 121 Å². The van der Waals surface area contributed by atoms with E-state index >= 15 is 0 Å². The Morgan fingerprint density at radius 3 is 2.31 bits per heavy atom. The molecule has 82 valence electrons. The van der Waals surface area contributed by atoms with Gasteiger partial charge in [-0.3, -0.25) is 0 Å². The largest absolute Gasteiger partial charge is 0.465 e. The van der Waals surface area contributed by atoms with Gasteiger partial charge in [0.1, 0.15) is 0 Å². The van der Waals surface area contributed by atoms with Crippen LogP contribution in [0.15, 0.2) is 30.3 Å². The summed E-state index contributed by atoms with van der Waals surface area (Å²) in [5.41, 5.74) is 0.593. The first kappa shape index (κ1) is 12.1. The van der Waals surface area contributed by atoms with Crippen LogP contribution in [0.25, 0.3) is 10.8 Å². The van der Waals surface area contributed by atoms with Crippen molar-refractivity contribution in [1.29, 1.82) is 0 Å². The van der Waals surface area contributed by atoms with E-state index in [9.17, 15) is 4.79 Å². The lowest BCUT2D eigenvalue weighted by molar-refractivity contribution is 0.0601. The number of ether oxygens (including phenoxy) is 1. The van der Waals surface area contributed by atoms with Crippen LogP contribution >= 0.6 is 45.2 Å². The van der Waals surface area contributed by atoms with Crippen molar-refractivity contribution in [3.05, 3.63) is 43.0 Å². The van der Waals surface area contributed by atoms with E-state index in [1.807, 2.05) is 18.2 Å². The fraction of sp³-hybridized carbons (Fsp3) is 0.0833.